The van der Waals surface area contributed by atoms with E-state index in [1.165, 1.54) is 0 Å². The standard InChI is InChI=1S/C15H31N3O3/c1-4-18(5-2)12-8-9-13(3)17-15(21)16-11-7-6-10-14(19)20/h13H,4-12H2,1-3H3,(H,19,20)(H2,16,17,21). The third-order valence-electron chi connectivity index (χ3n) is 3.49. The molecule has 0 aliphatic rings. The first kappa shape index (κ1) is 19.7. The van der Waals surface area contributed by atoms with Crippen LogP contribution in [0.2, 0.25) is 0 Å². The van der Waals surface area contributed by atoms with Crippen molar-refractivity contribution < 1.29 is 14.7 Å². The average Bonchev–Trinajstić information content (AvgIpc) is 2.42. The van der Waals surface area contributed by atoms with E-state index in [1.54, 1.807) is 0 Å². The van der Waals surface area contributed by atoms with Crippen LogP contribution in [0, 0.1) is 0 Å². The number of urea groups is 1. The maximum absolute atomic E-state index is 11.6. The van der Waals surface area contributed by atoms with Gasteiger partial charge in [-0.1, -0.05) is 13.8 Å². The van der Waals surface area contributed by atoms with Gasteiger partial charge in [-0.2, -0.15) is 0 Å². The molecule has 124 valence electrons. The maximum atomic E-state index is 11.6. The van der Waals surface area contributed by atoms with E-state index in [2.05, 4.69) is 29.4 Å². The highest BCUT2D eigenvalue weighted by molar-refractivity contribution is 5.74. The van der Waals surface area contributed by atoms with Gasteiger partial charge >= 0.3 is 12.0 Å². The number of carbonyl (C=O) groups excluding carboxylic acids is 1. The first-order valence-electron chi connectivity index (χ1n) is 7.98. The van der Waals surface area contributed by atoms with Gasteiger partial charge in [0.25, 0.3) is 0 Å². The summed E-state index contributed by atoms with van der Waals surface area (Å²) in [7, 11) is 0. The highest BCUT2D eigenvalue weighted by Gasteiger charge is 2.07. The molecule has 0 saturated carbocycles. The number of aliphatic carboxylic acids is 1. The molecule has 21 heavy (non-hydrogen) atoms. The van der Waals surface area contributed by atoms with E-state index >= 15 is 0 Å². The predicted octanol–water partition coefficient (Wildman–Crippen LogP) is 2.05. The Hall–Kier alpha value is -1.30. The van der Waals surface area contributed by atoms with Gasteiger partial charge in [-0.05, 0) is 52.2 Å². The van der Waals surface area contributed by atoms with Crippen molar-refractivity contribution in [2.24, 2.45) is 0 Å². The van der Waals surface area contributed by atoms with Crippen LogP contribution in [0.4, 0.5) is 4.79 Å². The van der Waals surface area contributed by atoms with Gasteiger partial charge in [0.2, 0.25) is 0 Å². The van der Waals surface area contributed by atoms with E-state index in [1.807, 2.05) is 6.92 Å². The van der Waals surface area contributed by atoms with Crippen LogP contribution in [0.3, 0.4) is 0 Å². The fourth-order valence-corrected chi connectivity index (χ4v) is 2.11. The zero-order valence-electron chi connectivity index (χ0n) is 13.7. The molecule has 0 heterocycles. The molecule has 0 aromatic carbocycles. The van der Waals surface area contributed by atoms with E-state index in [4.69, 9.17) is 5.11 Å². The minimum Gasteiger partial charge on any atom is -0.481 e. The number of nitrogens with one attached hydrogen (secondary N) is 2. The Bertz CT molecular complexity index is 294. The van der Waals surface area contributed by atoms with Gasteiger partial charge in [0.1, 0.15) is 0 Å². The van der Waals surface area contributed by atoms with Crippen LogP contribution in [0.25, 0.3) is 0 Å². The molecule has 0 fully saturated rings. The number of amides is 2. The molecule has 0 aliphatic carbocycles. The first-order chi connectivity index (χ1) is 9.99. The topological polar surface area (TPSA) is 81.7 Å². The van der Waals surface area contributed by atoms with Crippen LogP contribution < -0.4 is 10.6 Å². The van der Waals surface area contributed by atoms with E-state index < -0.39 is 5.97 Å². The molecule has 3 N–H and O–H groups in total. The summed E-state index contributed by atoms with van der Waals surface area (Å²) in [6, 6.07) is -0.0137. The Labute approximate surface area is 128 Å². The summed E-state index contributed by atoms with van der Waals surface area (Å²) in [5.74, 6) is -0.790. The number of nitrogens with zero attached hydrogens (tertiary/aromatic N) is 1. The van der Waals surface area contributed by atoms with Crippen LogP contribution >= 0.6 is 0 Å². The molecule has 0 rings (SSSR count). The predicted molar refractivity (Wildman–Crippen MR) is 84.5 cm³/mol. The minimum atomic E-state index is -0.790. The Morgan fingerprint density at radius 1 is 1.14 bits per heavy atom. The first-order valence-corrected chi connectivity index (χ1v) is 7.98. The molecule has 0 aromatic heterocycles. The van der Waals surface area contributed by atoms with Gasteiger partial charge < -0.3 is 20.6 Å². The van der Waals surface area contributed by atoms with Crippen LogP contribution in [0.5, 0.6) is 0 Å². The van der Waals surface area contributed by atoms with E-state index in [0.29, 0.717) is 19.4 Å². The monoisotopic (exact) mass is 301 g/mol. The van der Waals surface area contributed by atoms with Crippen molar-refractivity contribution in [3.05, 3.63) is 0 Å². The van der Waals surface area contributed by atoms with Gasteiger partial charge in [0.05, 0.1) is 0 Å². The SMILES string of the molecule is CCN(CC)CCCC(C)NC(=O)NCCCCC(=O)O. The molecular formula is C15H31N3O3. The lowest BCUT2D eigenvalue weighted by molar-refractivity contribution is -0.137. The van der Waals surface area contributed by atoms with Crippen LogP contribution in [-0.4, -0.2) is 54.2 Å². The summed E-state index contributed by atoms with van der Waals surface area (Å²) < 4.78 is 0. The normalized spacial score (nSPS) is 12.2. The Morgan fingerprint density at radius 2 is 1.81 bits per heavy atom. The van der Waals surface area contributed by atoms with Crippen molar-refractivity contribution in [2.75, 3.05) is 26.2 Å². The summed E-state index contributed by atoms with van der Waals surface area (Å²) in [6.45, 7) is 10.0. The number of hydrogen-bond donors (Lipinski definition) is 3. The Morgan fingerprint density at radius 3 is 2.38 bits per heavy atom. The fraction of sp³-hybridized carbons (Fsp3) is 0.867. The summed E-state index contributed by atoms with van der Waals surface area (Å²) >= 11 is 0. The summed E-state index contributed by atoms with van der Waals surface area (Å²) in [4.78, 5) is 24.3. The second-order valence-electron chi connectivity index (χ2n) is 5.32. The van der Waals surface area contributed by atoms with Crippen molar-refractivity contribution >= 4 is 12.0 Å². The maximum Gasteiger partial charge on any atom is 0.314 e. The number of carboxylic acids is 1. The molecule has 6 heteroatoms. The van der Waals surface area contributed by atoms with Gasteiger partial charge in [0.15, 0.2) is 0 Å². The van der Waals surface area contributed by atoms with Crippen molar-refractivity contribution in [3.8, 4) is 0 Å². The van der Waals surface area contributed by atoms with Gasteiger partial charge in [-0.15, -0.1) is 0 Å². The molecule has 2 amide bonds. The molecule has 0 spiro atoms. The molecule has 1 unspecified atom stereocenters. The van der Waals surface area contributed by atoms with E-state index in [9.17, 15) is 9.59 Å². The van der Waals surface area contributed by atoms with Crippen molar-refractivity contribution in [3.63, 3.8) is 0 Å². The number of rotatable bonds is 12. The van der Waals surface area contributed by atoms with Crippen LogP contribution in [-0.2, 0) is 4.79 Å². The zero-order valence-corrected chi connectivity index (χ0v) is 13.7. The van der Waals surface area contributed by atoms with Crippen molar-refractivity contribution in [1.82, 2.24) is 15.5 Å². The summed E-state index contributed by atoms with van der Waals surface area (Å²) in [5.41, 5.74) is 0. The fourth-order valence-electron chi connectivity index (χ4n) is 2.11. The second kappa shape index (κ2) is 12.4. The highest BCUT2D eigenvalue weighted by Crippen LogP contribution is 1.99. The largest absolute Gasteiger partial charge is 0.481 e. The van der Waals surface area contributed by atoms with Gasteiger partial charge in [-0.3, -0.25) is 4.79 Å². The van der Waals surface area contributed by atoms with Crippen LogP contribution in [0.15, 0.2) is 0 Å². The lowest BCUT2D eigenvalue weighted by atomic mass is 10.2. The minimum absolute atomic E-state index is 0.152. The van der Waals surface area contributed by atoms with Gasteiger partial charge in [-0.25, -0.2) is 4.79 Å². The second-order valence-corrected chi connectivity index (χ2v) is 5.32. The molecule has 0 saturated heterocycles. The lowest BCUT2D eigenvalue weighted by Crippen LogP contribution is -2.41. The molecule has 0 aromatic rings. The molecule has 6 nitrogen and oxygen atoms in total. The number of hydrogen-bond acceptors (Lipinski definition) is 3. The van der Waals surface area contributed by atoms with Crippen molar-refractivity contribution in [1.29, 1.82) is 0 Å². The van der Waals surface area contributed by atoms with Gasteiger partial charge in [0, 0.05) is 19.0 Å². The van der Waals surface area contributed by atoms with E-state index in [-0.39, 0.29) is 18.5 Å². The third kappa shape index (κ3) is 12.2. The molecule has 0 aliphatic heterocycles. The number of unbranched alkanes of at least 4 members (excludes halogenated alkanes) is 1. The lowest BCUT2D eigenvalue weighted by Gasteiger charge is -2.19. The number of carboxylic acid groups (broad SMARTS) is 1. The summed E-state index contributed by atoms with van der Waals surface area (Å²) in [5, 5.41) is 14.2. The van der Waals surface area contributed by atoms with E-state index in [0.717, 1.165) is 32.5 Å². The smallest absolute Gasteiger partial charge is 0.314 e. The quantitative estimate of drug-likeness (QED) is 0.482. The Balaban J connectivity index is 3.58. The average molecular weight is 301 g/mol. The molecule has 0 bridgehead atoms. The Kier molecular flexibility index (Phi) is 11.7. The number of carbonyl (C=O) groups is 2. The molecule has 0 radical (unpaired) electrons. The zero-order chi connectivity index (χ0) is 16.1. The third-order valence-corrected chi connectivity index (χ3v) is 3.49. The highest BCUT2D eigenvalue weighted by atomic mass is 16.4. The van der Waals surface area contributed by atoms with Crippen LogP contribution in [0.1, 0.15) is 52.9 Å². The van der Waals surface area contributed by atoms with Crippen molar-refractivity contribution in [2.45, 2.75) is 58.9 Å². The molecule has 1 atom stereocenters. The summed E-state index contributed by atoms with van der Waals surface area (Å²) in [6.07, 6.45) is 3.47. The molecular weight excluding hydrogens is 270 g/mol.